The molecule has 290 valence electrons. The molecule has 11 aromatic rings. The standard InChI is InChI=1S/C60H40N2/c1-4-15-43(16-5-1)47-31-36-52(37-32-47)61(54-22-14-21-50(41-54)44-17-6-2-7-18-44)53-38-33-48(34-39-53)46-27-29-49(30-28-46)55-23-10-12-25-58(55)62-59-26-13-11-24-56(59)57-40-35-51(42-60(57)62)45-19-8-3-9-20-45/h1-31,33-36,38-42H. The normalized spacial score (nSPS) is 11.1. The average Bonchev–Trinajstić information content (AvgIpc) is 3.69. The van der Waals surface area contributed by atoms with Crippen LogP contribution >= 0.6 is 0 Å². The summed E-state index contributed by atoms with van der Waals surface area (Å²) in [7, 11) is 0. The Kier molecular flexibility index (Phi) is 9.46. The van der Waals surface area contributed by atoms with Crippen molar-refractivity contribution in [3.05, 3.63) is 255 Å². The van der Waals surface area contributed by atoms with Gasteiger partial charge in [-0.3, -0.25) is 0 Å². The number of nitrogens with zero attached hydrogens (tertiary/aromatic N) is 2. The van der Waals surface area contributed by atoms with Crippen LogP contribution in [-0.4, -0.2) is 4.57 Å². The molecule has 1 heterocycles. The fraction of sp³-hybridized carbons (Fsp3) is 0. The van der Waals surface area contributed by atoms with Gasteiger partial charge in [0.25, 0.3) is 0 Å². The Morgan fingerprint density at radius 1 is 0.306 bits per heavy atom. The number of rotatable bonds is 9. The van der Waals surface area contributed by atoms with Crippen LogP contribution in [0.4, 0.5) is 17.1 Å². The Hall–Kier alpha value is -8.38. The lowest BCUT2D eigenvalue weighted by atomic mass is 9.98. The van der Waals surface area contributed by atoms with Gasteiger partial charge in [0.05, 0.1) is 22.4 Å². The first-order chi connectivity index (χ1) is 30.7. The number of para-hydroxylation sites is 2. The minimum atomic E-state index is 0.921. The Morgan fingerprint density at radius 3 is 1.53 bits per heavy atom. The fourth-order valence-corrected chi connectivity index (χ4v) is 8.77. The molecule has 0 saturated carbocycles. The number of benzene rings is 9. The van der Waals surface area contributed by atoms with E-state index in [0.717, 1.165) is 50.6 Å². The third-order valence-electron chi connectivity index (χ3n) is 11.9. The average molecular weight is 789 g/mol. The summed E-state index contributed by atoms with van der Waals surface area (Å²) in [5.74, 6) is 0. The van der Waals surface area contributed by atoms with Crippen molar-refractivity contribution in [2.24, 2.45) is 0 Å². The zero-order chi connectivity index (χ0) is 41.2. The van der Waals surface area contributed by atoms with Gasteiger partial charge in [-0.25, -0.2) is 0 Å². The Labute approximate surface area is 362 Å². The number of hydrogen-bond donors (Lipinski definition) is 0. The molecule has 1 aromatic heterocycles. The maximum absolute atomic E-state index is 3.50. The van der Waals surface area contributed by atoms with Crippen LogP contribution < -0.4 is 4.90 Å². The molecule has 11 rings (SSSR count). The lowest BCUT2D eigenvalue weighted by molar-refractivity contribution is 1.18. The SMILES string of the molecule is c1c(-c2ccccc2)ccc(N(c2ccc(-c3ccc(-c4ccccc4-n4c5ccccc5c5ccc(-c6ccccc6)cc54)cc3)cc2)c2cccc(-c3ccccc3)c2)c#1. The molecular weight excluding hydrogens is 749 g/mol. The third-order valence-corrected chi connectivity index (χ3v) is 11.9. The van der Waals surface area contributed by atoms with Crippen LogP contribution in [-0.2, 0) is 0 Å². The van der Waals surface area contributed by atoms with E-state index in [-0.39, 0.29) is 0 Å². The van der Waals surface area contributed by atoms with Crippen molar-refractivity contribution in [3.63, 3.8) is 0 Å². The highest BCUT2D eigenvalue weighted by Crippen LogP contribution is 2.40. The highest BCUT2D eigenvalue weighted by molar-refractivity contribution is 6.10. The highest BCUT2D eigenvalue weighted by Gasteiger charge is 2.18. The minimum Gasteiger partial charge on any atom is -0.309 e. The number of aromatic nitrogens is 1. The highest BCUT2D eigenvalue weighted by atomic mass is 15.1. The lowest BCUT2D eigenvalue weighted by Gasteiger charge is -2.25. The number of anilines is 3. The molecule has 0 aliphatic carbocycles. The van der Waals surface area contributed by atoms with Crippen LogP contribution in [0.1, 0.15) is 0 Å². The summed E-state index contributed by atoms with van der Waals surface area (Å²) in [6.07, 6.45) is 0. The monoisotopic (exact) mass is 788 g/mol. The van der Waals surface area contributed by atoms with Crippen LogP contribution in [0.25, 0.3) is 83.1 Å². The van der Waals surface area contributed by atoms with Gasteiger partial charge in [0.1, 0.15) is 0 Å². The topological polar surface area (TPSA) is 8.17 Å². The van der Waals surface area contributed by atoms with Gasteiger partial charge in [0, 0.05) is 33.3 Å². The maximum atomic E-state index is 3.50. The van der Waals surface area contributed by atoms with Gasteiger partial charge in [-0.1, -0.05) is 194 Å². The van der Waals surface area contributed by atoms with Crippen molar-refractivity contribution >= 4 is 38.9 Å². The molecule has 2 heteroatoms. The summed E-state index contributed by atoms with van der Waals surface area (Å²) in [5.41, 5.74) is 18.1. The van der Waals surface area contributed by atoms with Gasteiger partial charge in [-0.2, -0.15) is 0 Å². The Morgan fingerprint density at radius 2 is 0.839 bits per heavy atom. The van der Waals surface area contributed by atoms with Gasteiger partial charge < -0.3 is 9.47 Å². The molecule has 0 spiro atoms. The second-order valence-electron chi connectivity index (χ2n) is 15.6. The molecular formula is C60H40N2. The van der Waals surface area contributed by atoms with Crippen molar-refractivity contribution in [3.8, 4) is 61.3 Å². The second kappa shape index (κ2) is 16.0. The second-order valence-corrected chi connectivity index (χ2v) is 15.6. The minimum absolute atomic E-state index is 0.921. The van der Waals surface area contributed by atoms with E-state index in [1.807, 2.05) is 6.07 Å². The molecule has 62 heavy (non-hydrogen) atoms. The fourth-order valence-electron chi connectivity index (χ4n) is 8.77. The van der Waals surface area contributed by atoms with Gasteiger partial charge in [-0.05, 0) is 105 Å². The van der Waals surface area contributed by atoms with Gasteiger partial charge in [-0.15, -0.1) is 0 Å². The first-order valence-electron chi connectivity index (χ1n) is 21.1. The van der Waals surface area contributed by atoms with E-state index >= 15 is 0 Å². The molecule has 0 aliphatic rings. The predicted octanol–water partition coefficient (Wildman–Crippen LogP) is 16.2. The smallest absolute Gasteiger partial charge is 0.0973 e. The summed E-state index contributed by atoms with van der Waals surface area (Å²) in [6.45, 7) is 0. The summed E-state index contributed by atoms with van der Waals surface area (Å²) in [5, 5.41) is 2.50. The van der Waals surface area contributed by atoms with Crippen molar-refractivity contribution < 1.29 is 0 Å². The Balaban J connectivity index is 0.940. The van der Waals surface area contributed by atoms with Crippen LogP contribution in [0.2, 0.25) is 0 Å². The summed E-state index contributed by atoms with van der Waals surface area (Å²) in [6, 6.07) is 93.7. The largest absolute Gasteiger partial charge is 0.309 e. The first-order valence-corrected chi connectivity index (χ1v) is 21.1. The molecule has 0 N–H and O–H groups in total. The van der Waals surface area contributed by atoms with Crippen LogP contribution in [0.15, 0.2) is 243 Å². The molecule has 0 amide bonds. The molecule has 0 radical (unpaired) electrons. The van der Waals surface area contributed by atoms with Crippen LogP contribution in [0.5, 0.6) is 0 Å². The van der Waals surface area contributed by atoms with Gasteiger partial charge in [0.15, 0.2) is 0 Å². The Bertz CT molecular complexity index is 3290. The van der Waals surface area contributed by atoms with Crippen molar-refractivity contribution in [1.29, 1.82) is 0 Å². The van der Waals surface area contributed by atoms with E-state index in [9.17, 15) is 0 Å². The third kappa shape index (κ3) is 6.88. The van der Waals surface area contributed by atoms with Crippen molar-refractivity contribution in [2.45, 2.75) is 0 Å². The van der Waals surface area contributed by atoms with Crippen LogP contribution in [0.3, 0.4) is 0 Å². The molecule has 0 unspecified atom stereocenters. The van der Waals surface area contributed by atoms with E-state index in [1.54, 1.807) is 0 Å². The summed E-state index contributed by atoms with van der Waals surface area (Å²) < 4.78 is 2.44. The van der Waals surface area contributed by atoms with Gasteiger partial charge >= 0.3 is 0 Å². The lowest BCUT2D eigenvalue weighted by Crippen LogP contribution is -2.09. The number of hydrogen-bond acceptors (Lipinski definition) is 1. The number of fused-ring (bicyclic) bond motifs is 3. The van der Waals surface area contributed by atoms with E-state index < -0.39 is 0 Å². The zero-order valence-electron chi connectivity index (χ0n) is 34.0. The summed E-state index contributed by atoms with van der Waals surface area (Å²) in [4.78, 5) is 2.26. The molecule has 0 aliphatic heterocycles. The van der Waals surface area contributed by atoms with Gasteiger partial charge in [0.2, 0.25) is 0 Å². The maximum Gasteiger partial charge on any atom is 0.0973 e. The van der Waals surface area contributed by atoms with E-state index in [0.29, 0.717) is 0 Å². The van der Waals surface area contributed by atoms with E-state index in [2.05, 4.69) is 258 Å². The first kappa shape index (κ1) is 36.7. The van der Waals surface area contributed by atoms with E-state index in [4.69, 9.17) is 0 Å². The van der Waals surface area contributed by atoms with E-state index in [1.165, 1.54) is 49.6 Å². The zero-order valence-corrected chi connectivity index (χ0v) is 34.0. The molecule has 0 atom stereocenters. The summed E-state index contributed by atoms with van der Waals surface area (Å²) >= 11 is 0. The molecule has 10 aromatic carbocycles. The quantitative estimate of drug-likeness (QED) is 0.141. The predicted molar refractivity (Wildman–Crippen MR) is 260 cm³/mol. The molecule has 2 nitrogen and oxygen atoms in total. The molecule has 0 bridgehead atoms. The molecule has 0 fully saturated rings. The molecule has 0 saturated heterocycles. The van der Waals surface area contributed by atoms with Crippen LogP contribution in [0, 0.1) is 12.1 Å². The van der Waals surface area contributed by atoms with Crippen molar-refractivity contribution in [2.75, 3.05) is 4.90 Å². The van der Waals surface area contributed by atoms with Crippen molar-refractivity contribution in [1.82, 2.24) is 4.57 Å².